The summed E-state index contributed by atoms with van der Waals surface area (Å²) in [5.74, 6) is 0.805. The fourth-order valence-corrected chi connectivity index (χ4v) is 2.57. The molecule has 2 rings (SSSR count). The summed E-state index contributed by atoms with van der Waals surface area (Å²) in [6.07, 6.45) is 0. The van der Waals surface area contributed by atoms with E-state index in [1.807, 2.05) is 36.9 Å². The number of carbonyl (C=O) groups excluding carboxylic acids is 1. The predicted molar refractivity (Wildman–Crippen MR) is 85.5 cm³/mol. The Morgan fingerprint density at radius 2 is 1.95 bits per heavy atom. The van der Waals surface area contributed by atoms with Crippen LogP contribution < -0.4 is 15.0 Å². The van der Waals surface area contributed by atoms with E-state index in [9.17, 15) is 4.79 Å². The highest BCUT2D eigenvalue weighted by Crippen LogP contribution is 2.31. The Kier molecular flexibility index (Phi) is 5.17. The van der Waals surface area contributed by atoms with Crippen LogP contribution in [-0.4, -0.2) is 50.3 Å². The average Bonchev–Trinajstić information content (AvgIpc) is 2.46. The van der Waals surface area contributed by atoms with Crippen LogP contribution in [0.4, 0.5) is 10.5 Å². The van der Waals surface area contributed by atoms with E-state index in [1.165, 1.54) is 0 Å². The van der Waals surface area contributed by atoms with Crippen molar-refractivity contribution in [3.63, 3.8) is 0 Å². The lowest BCUT2D eigenvalue weighted by molar-refractivity contribution is 0.191. The van der Waals surface area contributed by atoms with Crippen molar-refractivity contribution in [1.29, 1.82) is 0 Å². The largest absolute Gasteiger partial charge is 0.495 e. The molecule has 1 aromatic carbocycles. The zero-order valence-corrected chi connectivity index (χ0v) is 13.5. The molecular formula is C15H22ClN3O2. The number of urea groups is 1. The quantitative estimate of drug-likeness (QED) is 0.933. The Bertz CT molecular complexity index is 500. The molecule has 0 aliphatic carbocycles. The van der Waals surface area contributed by atoms with Gasteiger partial charge in [-0.3, -0.25) is 0 Å². The van der Waals surface area contributed by atoms with E-state index in [-0.39, 0.29) is 12.1 Å². The number of hydrogen-bond acceptors (Lipinski definition) is 3. The molecule has 1 N–H and O–H groups in total. The number of amides is 2. The van der Waals surface area contributed by atoms with Gasteiger partial charge >= 0.3 is 6.03 Å². The summed E-state index contributed by atoms with van der Waals surface area (Å²) in [7, 11) is 1.65. The second-order valence-electron chi connectivity index (χ2n) is 5.39. The van der Waals surface area contributed by atoms with E-state index in [0.717, 1.165) is 24.5 Å². The third-order valence-corrected chi connectivity index (χ3v) is 3.70. The van der Waals surface area contributed by atoms with Crippen molar-refractivity contribution in [2.75, 3.05) is 38.2 Å². The zero-order chi connectivity index (χ0) is 15.4. The first-order valence-corrected chi connectivity index (χ1v) is 7.53. The van der Waals surface area contributed by atoms with Gasteiger partial charge in [0.1, 0.15) is 5.75 Å². The zero-order valence-electron chi connectivity index (χ0n) is 12.7. The van der Waals surface area contributed by atoms with Gasteiger partial charge in [0.2, 0.25) is 0 Å². The molecule has 6 heteroatoms. The molecule has 5 nitrogen and oxygen atoms in total. The number of rotatable bonds is 3. The number of hydrogen-bond donors (Lipinski definition) is 1. The van der Waals surface area contributed by atoms with Crippen LogP contribution >= 0.6 is 11.6 Å². The highest BCUT2D eigenvalue weighted by atomic mass is 35.5. The van der Waals surface area contributed by atoms with Gasteiger partial charge in [-0.1, -0.05) is 11.6 Å². The lowest BCUT2D eigenvalue weighted by Crippen LogP contribution is -2.53. The van der Waals surface area contributed by atoms with Crippen LogP contribution in [-0.2, 0) is 0 Å². The number of nitrogens with zero attached hydrogens (tertiary/aromatic N) is 2. The number of benzene rings is 1. The van der Waals surface area contributed by atoms with Crippen LogP contribution in [0.5, 0.6) is 5.75 Å². The van der Waals surface area contributed by atoms with Gasteiger partial charge in [-0.25, -0.2) is 4.79 Å². The van der Waals surface area contributed by atoms with Gasteiger partial charge in [0.15, 0.2) is 0 Å². The van der Waals surface area contributed by atoms with Crippen LogP contribution in [0.2, 0.25) is 5.02 Å². The van der Waals surface area contributed by atoms with Gasteiger partial charge < -0.3 is 19.9 Å². The van der Waals surface area contributed by atoms with E-state index in [0.29, 0.717) is 18.1 Å². The molecule has 0 bridgehead atoms. The molecule has 0 radical (unpaired) electrons. The van der Waals surface area contributed by atoms with E-state index in [4.69, 9.17) is 16.3 Å². The lowest BCUT2D eigenvalue weighted by atomic mass is 10.2. The first-order chi connectivity index (χ1) is 10.0. The van der Waals surface area contributed by atoms with Gasteiger partial charge in [0.25, 0.3) is 0 Å². The maximum atomic E-state index is 12.0. The number of piperazine rings is 1. The highest BCUT2D eigenvalue weighted by Gasteiger charge is 2.23. The Hall–Kier alpha value is -1.62. The Balaban J connectivity index is 2.01. The minimum atomic E-state index is 0.00251. The van der Waals surface area contributed by atoms with Gasteiger partial charge in [0, 0.05) is 37.2 Å². The second-order valence-corrected chi connectivity index (χ2v) is 5.83. The monoisotopic (exact) mass is 311 g/mol. The molecule has 0 aromatic heterocycles. The molecule has 0 unspecified atom stereocenters. The number of nitrogens with one attached hydrogen (secondary N) is 1. The summed E-state index contributed by atoms with van der Waals surface area (Å²) < 4.78 is 5.39. The van der Waals surface area contributed by atoms with Crippen LogP contribution in [0.1, 0.15) is 13.8 Å². The number of methoxy groups -OCH3 is 1. The first kappa shape index (κ1) is 15.8. The van der Waals surface area contributed by atoms with Crippen molar-refractivity contribution in [1.82, 2.24) is 10.2 Å². The topological polar surface area (TPSA) is 44.8 Å². The van der Waals surface area contributed by atoms with Gasteiger partial charge in [-0.2, -0.15) is 0 Å². The summed E-state index contributed by atoms with van der Waals surface area (Å²) in [6.45, 7) is 6.84. The maximum Gasteiger partial charge on any atom is 0.317 e. The number of ether oxygens (including phenoxy) is 1. The molecule has 1 heterocycles. The summed E-state index contributed by atoms with van der Waals surface area (Å²) >= 11 is 6.07. The first-order valence-electron chi connectivity index (χ1n) is 7.15. The van der Waals surface area contributed by atoms with Crippen LogP contribution in [0.15, 0.2) is 18.2 Å². The van der Waals surface area contributed by atoms with Gasteiger partial charge in [-0.15, -0.1) is 0 Å². The van der Waals surface area contributed by atoms with Gasteiger partial charge in [0.05, 0.1) is 12.8 Å². The molecule has 116 valence electrons. The molecular weight excluding hydrogens is 290 g/mol. The minimum absolute atomic E-state index is 0.00251. The molecule has 0 atom stereocenters. The third-order valence-electron chi connectivity index (χ3n) is 3.46. The van der Waals surface area contributed by atoms with Crippen molar-refractivity contribution in [2.24, 2.45) is 0 Å². The summed E-state index contributed by atoms with van der Waals surface area (Å²) in [5.41, 5.74) is 0.980. The highest BCUT2D eigenvalue weighted by molar-refractivity contribution is 6.30. The smallest absolute Gasteiger partial charge is 0.317 e. The molecule has 1 aromatic rings. The van der Waals surface area contributed by atoms with E-state index >= 15 is 0 Å². The van der Waals surface area contributed by atoms with Gasteiger partial charge in [-0.05, 0) is 32.0 Å². The van der Waals surface area contributed by atoms with Crippen LogP contribution in [0.25, 0.3) is 0 Å². The average molecular weight is 312 g/mol. The Morgan fingerprint density at radius 1 is 1.29 bits per heavy atom. The number of anilines is 1. The molecule has 1 aliphatic heterocycles. The molecule has 1 fully saturated rings. The van der Waals surface area contributed by atoms with Crippen molar-refractivity contribution in [3.05, 3.63) is 23.2 Å². The SMILES string of the molecule is COc1ccc(Cl)cc1N1CCN(C(=O)NC(C)C)CC1. The normalized spacial score (nSPS) is 15.3. The van der Waals surface area contributed by atoms with Crippen LogP contribution in [0, 0.1) is 0 Å². The van der Waals surface area contributed by atoms with Crippen molar-refractivity contribution < 1.29 is 9.53 Å². The molecule has 1 aliphatic rings. The number of carbonyl (C=O) groups is 1. The van der Waals surface area contributed by atoms with E-state index in [2.05, 4.69) is 10.2 Å². The van der Waals surface area contributed by atoms with Crippen molar-refractivity contribution in [3.8, 4) is 5.75 Å². The minimum Gasteiger partial charge on any atom is -0.495 e. The van der Waals surface area contributed by atoms with Crippen molar-refractivity contribution in [2.45, 2.75) is 19.9 Å². The second kappa shape index (κ2) is 6.89. The standard InChI is InChI=1S/C15H22ClN3O2/c1-11(2)17-15(20)19-8-6-18(7-9-19)13-10-12(16)4-5-14(13)21-3/h4-5,10-11H,6-9H2,1-3H3,(H,17,20). The third kappa shape index (κ3) is 3.94. The summed E-state index contributed by atoms with van der Waals surface area (Å²) in [5, 5.41) is 3.61. The van der Waals surface area contributed by atoms with Crippen molar-refractivity contribution >= 4 is 23.3 Å². The molecule has 0 spiro atoms. The summed E-state index contributed by atoms with van der Waals surface area (Å²) in [6, 6.07) is 5.75. The lowest BCUT2D eigenvalue weighted by Gasteiger charge is -2.36. The molecule has 2 amide bonds. The van der Waals surface area contributed by atoms with E-state index < -0.39 is 0 Å². The fourth-order valence-electron chi connectivity index (χ4n) is 2.40. The predicted octanol–water partition coefficient (Wildman–Crippen LogP) is 2.59. The molecule has 21 heavy (non-hydrogen) atoms. The van der Waals surface area contributed by atoms with Crippen LogP contribution in [0.3, 0.4) is 0 Å². The summed E-state index contributed by atoms with van der Waals surface area (Å²) in [4.78, 5) is 16.0. The Morgan fingerprint density at radius 3 is 2.52 bits per heavy atom. The molecule has 1 saturated heterocycles. The number of halogens is 1. The maximum absolute atomic E-state index is 12.0. The fraction of sp³-hybridized carbons (Fsp3) is 0.533. The van der Waals surface area contributed by atoms with E-state index in [1.54, 1.807) is 7.11 Å². The molecule has 0 saturated carbocycles. The Labute approximate surface area is 130 Å².